The van der Waals surface area contributed by atoms with Crippen LogP contribution in [0.3, 0.4) is 0 Å². The molecule has 0 aromatic carbocycles. The van der Waals surface area contributed by atoms with E-state index in [9.17, 15) is 18.0 Å². The maximum atomic E-state index is 10.6. The molecule has 0 aliphatic carbocycles. The predicted molar refractivity (Wildman–Crippen MR) is 64.6 cm³/mol. The first-order valence-electron chi connectivity index (χ1n) is 5.44. The third kappa shape index (κ3) is 14.5. The number of hydrogen-bond acceptors (Lipinski definition) is 2. The first-order chi connectivity index (χ1) is 8.07. The third-order valence-electron chi connectivity index (χ3n) is 1.68. The average Bonchev–Trinajstić information content (AvgIpc) is 1.93. The summed E-state index contributed by atoms with van der Waals surface area (Å²) in [4.78, 5) is 19.5. The van der Waals surface area contributed by atoms with Crippen molar-refractivity contribution in [3.05, 3.63) is 0 Å². The summed E-state index contributed by atoms with van der Waals surface area (Å²) in [6.45, 7) is 10.4. The summed E-state index contributed by atoms with van der Waals surface area (Å²) in [6.07, 6.45) is -4.18. The summed E-state index contributed by atoms with van der Waals surface area (Å²) < 4.78 is 31.7. The second-order valence-electron chi connectivity index (χ2n) is 5.91. The van der Waals surface area contributed by atoms with Crippen molar-refractivity contribution in [3.63, 3.8) is 0 Å². The van der Waals surface area contributed by atoms with Crippen molar-refractivity contribution in [2.75, 3.05) is 0 Å². The summed E-state index contributed by atoms with van der Waals surface area (Å²) in [5.41, 5.74) is 5.03. The number of nitrogens with one attached hydrogen (secondary N) is 1. The molecule has 0 aromatic rings. The molecule has 0 atom stereocenters. The van der Waals surface area contributed by atoms with Crippen LogP contribution in [0.2, 0.25) is 0 Å². The van der Waals surface area contributed by atoms with Gasteiger partial charge in [-0.1, -0.05) is 20.8 Å². The molecule has 0 aliphatic heterocycles. The van der Waals surface area contributed by atoms with E-state index in [4.69, 9.17) is 15.6 Å². The van der Waals surface area contributed by atoms with Crippen LogP contribution < -0.4 is 11.1 Å². The number of hydrogen-bond donors (Lipinski definition) is 3. The number of carbonyl (C=O) groups is 2. The molecular weight excluding hydrogens is 265 g/mol. The van der Waals surface area contributed by atoms with Crippen molar-refractivity contribution in [1.82, 2.24) is 5.32 Å². The van der Waals surface area contributed by atoms with E-state index >= 15 is 0 Å². The largest absolute Gasteiger partial charge is 0.490 e. The van der Waals surface area contributed by atoms with Crippen LogP contribution in [-0.4, -0.2) is 28.8 Å². The van der Waals surface area contributed by atoms with Crippen LogP contribution >= 0.6 is 0 Å². The molecule has 0 heterocycles. The summed E-state index contributed by atoms with van der Waals surface area (Å²) in [7, 11) is 0. The van der Waals surface area contributed by atoms with Crippen molar-refractivity contribution < 1.29 is 27.9 Å². The number of carboxylic acids is 1. The van der Waals surface area contributed by atoms with Crippen LogP contribution in [0.15, 0.2) is 0 Å². The van der Waals surface area contributed by atoms with Crippen molar-refractivity contribution in [2.45, 2.75) is 52.8 Å². The minimum Gasteiger partial charge on any atom is -0.475 e. The van der Waals surface area contributed by atoms with Crippen molar-refractivity contribution in [2.24, 2.45) is 11.1 Å². The van der Waals surface area contributed by atoms with Gasteiger partial charge in [-0.15, -0.1) is 0 Å². The number of nitrogens with two attached hydrogens (primary N) is 1. The number of carboxylic acid groups (broad SMARTS) is 1. The van der Waals surface area contributed by atoms with Gasteiger partial charge in [-0.2, -0.15) is 13.2 Å². The zero-order valence-corrected chi connectivity index (χ0v) is 11.7. The highest BCUT2D eigenvalue weighted by atomic mass is 19.4. The highest BCUT2D eigenvalue weighted by molar-refractivity contribution is 5.73. The number of carbonyl (C=O) groups excluding carboxylic acids is 1. The molecule has 0 fully saturated rings. The lowest BCUT2D eigenvalue weighted by Crippen LogP contribution is -2.48. The van der Waals surface area contributed by atoms with E-state index in [2.05, 4.69) is 26.1 Å². The normalized spacial score (nSPS) is 12.2. The number of primary amides is 1. The Balaban J connectivity index is 0. The van der Waals surface area contributed by atoms with Gasteiger partial charge in [-0.05, 0) is 25.7 Å². The average molecular weight is 286 g/mol. The summed E-state index contributed by atoms with van der Waals surface area (Å²) >= 11 is 0. The molecule has 5 nitrogen and oxygen atoms in total. The van der Waals surface area contributed by atoms with Gasteiger partial charge in [0, 0.05) is 5.54 Å². The first-order valence-corrected chi connectivity index (χ1v) is 5.44. The molecule has 4 N–H and O–H groups in total. The molecule has 114 valence electrons. The Morgan fingerprint density at radius 1 is 1.11 bits per heavy atom. The smallest absolute Gasteiger partial charge is 0.475 e. The van der Waals surface area contributed by atoms with Gasteiger partial charge in [0.05, 0.1) is 0 Å². The third-order valence-corrected chi connectivity index (χ3v) is 1.68. The monoisotopic (exact) mass is 286 g/mol. The Hall–Kier alpha value is -1.47. The van der Waals surface area contributed by atoms with Crippen LogP contribution in [0.4, 0.5) is 18.0 Å². The number of amides is 2. The molecule has 8 heteroatoms. The fourth-order valence-corrected chi connectivity index (χ4v) is 1.70. The molecule has 0 aromatic heterocycles. The lowest BCUT2D eigenvalue weighted by atomic mass is 9.82. The van der Waals surface area contributed by atoms with E-state index in [1.54, 1.807) is 0 Å². The fourth-order valence-electron chi connectivity index (χ4n) is 1.70. The van der Waals surface area contributed by atoms with E-state index in [1.165, 1.54) is 0 Å². The van der Waals surface area contributed by atoms with Gasteiger partial charge in [0.1, 0.15) is 0 Å². The predicted octanol–water partition coefficient (Wildman–Crippen LogP) is 2.50. The molecule has 0 aliphatic rings. The first kappa shape index (κ1) is 19.9. The van der Waals surface area contributed by atoms with E-state index in [1.807, 2.05) is 13.8 Å². The number of alkyl halides is 3. The van der Waals surface area contributed by atoms with Crippen LogP contribution in [0, 0.1) is 5.41 Å². The molecule has 2 amide bonds. The molecule has 0 saturated heterocycles. The molecular formula is C11H21F3N2O3. The second-order valence-corrected chi connectivity index (χ2v) is 5.91. The van der Waals surface area contributed by atoms with E-state index < -0.39 is 18.2 Å². The molecule has 0 radical (unpaired) electrons. The van der Waals surface area contributed by atoms with Gasteiger partial charge in [-0.25, -0.2) is 9.59 Å². The van der Waals surface area contributed by atoms with Crippen molar-refractivity contribution >= 4 is 12.0 Å². The minimum atomic E-state index is -5.08. The number of rotatable bonds is 2. The van der Waals surface area contributed by atoms with Gasteiger partial charge < -0.3 is 16.2 Å². The topological polar surface area (TPSA) is 92.4 Å². The molecule has 0 saturated carbocycles. The Morgan fingerprint density at radius 3 is 1.58 bits per heavy atom. The standard InChI is InChI=1S/C9H20N2O.C2HF3O2/c1-8(2,3)6-9(4,5)11-7(10)12;3-2(4,5)1(6)7/h6H2,1-5H3,(H3,10,11,12);(H,6,7). The summed E-state index contributed by atoms with van der Waals surface area (Å²) in [5.74, 6) is -2.76. The maximum absolute atomic E-state index is 10.6. The Labute approximate surface area is 110 Å². The summed E-state index contributed by atoms with van der Waals surface area (Å²) in [5, 5.41) is 9.84. The SMILES string of the molecule is CC(C)(C)CC(C)(C)NC(N)=O.O=C(O)C(F)(F)F. The van der Waals surface area contributed by atoms with E-state index in [-0.39, 0.29) is 11.0 Å². The van der Waals surface area contributed by atoms with Crippen LogP contribution in [-0.2, 0) is 4.79 Å². The number of halogens is 3. The van der Waals surface area contributed by atoms with Gasteiger partial charge in [0.15, 0.2) is 0 Å². The highest BCUT2D eigenvalue weighted by Gasteiger charge is 2.38. The van der Waals surface area contributed by atoms with Crippen LogP contribution in [0.1, 0.15) is 41.0 Å². The maximum Gasteiger partial charge on any atom is 0.490 e. The van der Waals surface area contributed by atoms with Gasteiger partial charge in [0.25, 0.3) is 0 Å². The Morgan fingerprint density at radius 2 is 1.42 bits per heavy atom. The summed E-state index contributed by atoms with van der Waals surface area (Å²) in [6, 6.07) is -0.454. The lowest BCUT2D eigenvalue weighted by molar-refractivity contribution is -0.192. The van der Waals surface area contributed by atoms with Gasteiger partial charge >= 0.3 is 18.2 Å². The fraction of sp³-hybridized carbons (Fsp3) is 0.818. The van der Waals surface area contributed by atoms with Crippen LogP contribution in [0.5, 0.6) is 0 Å². The highest BCUT2D eigenvalue weighted by Crippen LogP contribution is 2.26. The number of urea groups is 1. The van der Waals surface area contributed by atoms with E-state index in [0.717, 1.165) is 6.42 Å². The number of aliphatic carboxylic acids is 1. The lowest BCUT2D eigenvalue weighted by Gasteiger charge is -2.32. The molecule has 0 unspecified atom stereocenters. The van der Waals surface area contributed by atoms with Crippen molar-refractivity contribution in [3.8, 4) is 0 Å². The Bertz CT molecular complexity index is 320. The zero-order chi connectivity index (χ0) is 16.1. The van der Waals surface area contributed by atoms with Gasteiger partial charge in [0.2, 0.25) is 0 Å². The Kier molecular flexibility index (Phi) is 6.93. The van der Waals surface area contributed by atoms with E-state index in [0.29, 0.717) is 0 Å². The van der Waals surface area contributed by atoms with Crippen molar-refractivity contribution in [1.29, 1.82) is 0 Å². The minimum absolute atomic E-state index is 0.200. The van der Waals surface area contributed by atoms with Gasteiger partial charge in [-0.3, -0.25) is 0 Å². The zero-order valence-electron chi connectivity index (χ0n) is 11.7. The molecule has 0 bridgehead atoms. The molecule has 0 spiro atoms. The second kappa shape index (κ2) is 6.63. The molecule has 19 heavy (non-hydrogen) atoms. The molecule has 0 rings (SSSR count). The van der Waals surface area contributed by atoms with Crippen LogP contribution in [0.25, 0.3) is 0 Å². The quantitative estimate of drug-likeness (QED) is 0.728.